The number of hydrogen-bond acceptors (Lipinski definition) is 3. The van der Waals surface area contributed by atoms with Crippen LogP contribution >= 0.6 is 15.9 Å². The first-order valence-corrected chi connectivity index (χ1v) is 7.67. The van der Waals surface area contributed by atoms with Gasteiger partial charge in [-0.05, 0) is 44.9 Å². The molecule has 1 unspecified atom stereocenters. The summed E-state index contributed by atoms with van der Waals surface area (Å²) in [4.78, 5) is 11.3. The van der Waals surface area contributed by atoms with E-state index in [-0.39, 0.29) is 11.6 Å². The second-order valence-electron chi connectivity index (χ2n) is 5.42. The average Bonchev–Trinajstić information content (AvgIpc) is 2.41. The van der Waals surface area contributed by atoms with Gasteiger partial charge in [0.15, 0.2) is 0 Å². The van der Waals surface area contributed by atoms with Gasteiger partial charge in [0.05, 0.1) is 0 Å². The Hall–Kier alpha value is -1.29. The van der Waals surface area contributed by atoms with Gasteiger partial charge in [-0.1, -0.05) is 22.0 Å². The Morgan fingerprint density at radius 2 is 1.95 bits per heavy atom. The normalized spacial score (nSPS) is 20.3. The van der Waals surface area contributed by atoms with Crippen molar-refractivity contribution in [2.24, 2.45) is 0 Å². The fraction of sp³-hybridized carbons (Fsp3) is 0.438. The molecule has 1 atom stereocenters. The lowest BCUT2D eigenvalue weighted by Gasteiger charge is -2.32. The largest absolute Gasteiger partial charge is 0.482 e. The highest BCUT2D eigenvalue weighted by Gasteiger charge is 2.30. The van der Waals surface area contributed by atoms with E-state index in [2.05, 4.69) is 22.0 Å². The molecule has 0 radical (unpaired) electrons. The van der Waals surface area contributed by atoms with E-state index >= 15 is 0 Å². The van der Waals surface area contributed by atoms with E-state index in [1.807, 2.05) is 33.8 Å². The van der Waals surface area contributed by atoms with Crippen molar-refractivity contribution in [3.05, 3.63) is 28.3 Å². The SMILES string of the molecule is CC(=O)Oc1c(C)c(C)c2c(c1C)C=CC(C)(CBr)O2. The van der Waals surface area contributed by atoms with E-state index in [0.717, 1.165) is 33.3 Å². The monoisotopic (exact) mass is 338 g/mol. The highest BCUT2D eigenvalue weighted by Crippen LogP contribution is 2.43. The molecule has 0 saturated heterocycles. The minimum Gasteiger partial charge on any atom is -0.482 e. The van der Waals surface area contributed by atoms with Crippen molar-refractivity contribution in [1.82, 2.24) is 0 Å². The number of fused-ring (bicyclic) bond motifs is 1. The summed E-state index contributed by atoms with van der Waals surface area (Å²) >= 11 is 3.48. The van der Waals surface area contributed by atoms with Crippen LogP contribution < -0.4 is 9.47 Å². The first-order valence-electron chi connectivity index (χ1n) is 6.55. The molecule has 0 spiro atoms. The fourth-order valence-electron chi connectivity index (χ4n) is 2.34. The highest BCUT2D eigenvalue weighted by molar-refractivity contribution is 9.09. The molecule has 0 aromatic heterocycles. The molecule has 1 aromatic carbocycles. The molecule has 108 valence electrons. The van der Waals surface area contributed by atoms with Gasteiger partial charge in [-0.25, -0.2) is 0 Å². The Labute approximate surface area is 128 Å². The molecule has 4 heteroatoms. The number of alkyl halides is 1. The Balaban J connectivity index is 2.63. The van der Waals surface area contributed by atoms with Crippen molar-refractivity contribution in [3.63, 3.8) is 0 Å². The maximum Gasteiger partial charge on any atom is 0.308 e. The van der Waals surface area contributed by atoms with Crippen molar-refractivity contribution in [2.45, 2.75) is 40.2 Å². The smallest absolute Gasteiger partial charge is 0.308 e. The molecular weight excluding hydrogens is 320 g/mol. The quantitative estimate of drug-likeness (QED) is 0.462. The molecule has 2 rings (SSSR count). The second kappa shape index (κ2) is 5.24. The summed E-state index contributed by atoms with van der Waals surface area (Å²) in [6.45, 7) is 9.35. The molecular formula is C16H19BrO3. The number of esters is 1. The molecule has 0 bridgehead atoms. The van der Waals surface area contributed by atoms with Gasteiger partial charge >= 0.3 is 5.97 Å². The van der Waals surface area contributed by atoms with E-state index < -0.39 is 0 Å². The number of benzene rings is 1. The number of hydrogen-bond donors (Lipinski definition) is 0. The Kier molecular flexibility index (Phi) is 3.96. The number of rotatable bonds is 2. The standard InChI is InChI=1S/C16H19BrO3/c1-9-10(2)15-13(6-7-16(5,8-17)20-15)11(3)14(9)19-12(4)18/h6-7H,8H2,1-5H3. The molecule has 1 heterocycles. The lowest BCUT2D eigenvalue weighted by atomic mass is 9.93. The van der Waals surface area contributed by atoms with Crippen LogP contribution in [-0.4, -0.2) is 16.9 Å². The minimum absolute atomic E-state index is 0.304. The average molecular weight is 339 g/mol. The van der Waals surface area contributed by atoms with Crippen molar-refractivity contribution in [3.8, 4) is 11.5 Å². The zero-order valence-corrected chi connectivity index (χ0v) is 14.1. The van der Waals surface area contributed by atoms with Gasteiger partial charge in [-0.3, -0.25) is 4.79 Å². The van der Waals surface area contributed by atoms with Gasteiger partial charge in [0.2, 0.25) is 0 Å². The Morgan fingerprint density at radius 3 is 2.50 bits per heavy atom. The summed E-state index contributed by atoms with van der Waals surface area (Å²) in [5.74, 6) is 1.21. The van der Waals surface area contributed by atoms with Crippen molar-refractivity contribution < 1.29 is 14.3 Å². The van der Waals surface area contributed by atoms with Crippen LogP contribution in [0.2, 0.25) is 0 Å². The van der Waals surface area contributed by atoms with Crippen molar-refractivity contribution in [2.75, 3.05) is 5.33 Å². The topological polar surface area (TPSA) is 35.5 Å². The lowest BCUT2D eigenvalue weighted by molar-refractivity contribution is -0.131. The van der Waals surface area contributed by atoms with Crippen molar-refractivity contribution in [1.29, 1.82) is 0 Å². The number of carbonyl (C=O) groups excluding carboxylic acids is 1. The van der Waals surface area contributed by atoms with Gasteiger partial charge in [0.1, 0.15) is 17.1 Å². The summed E-state index contributed by atoms with van der Waals surface area (Å²) in [7, 11) is 0. The van der Waals surface area contributed by atoms with Crippen LogP contribution in [-0.2, 0) is 4.79 Å². The number of carbonyl (C=O) groups is 1. The first kappa shape index (κ1) is 15.1. The third kappa shape index (κ3) is 2.49. The maximum atomic E-state index is 11.3. The predicted molar refractivity (Wildman–Crippen MR) is 83.8 cm³/mol. The van der Waals surface area contributed by atoms with Gasteiger partial charge in [0, 0.05) is 23.4 Å². The van der Waals surface area contributed by atoms with Crippen LogP contribution in [0.1, 0.15) is 36.1 Å². The van der Waals surface area contributed by atoms with Crippen LogP contribution in [0.15, 0.2) is 6.08 Å². The molecule has 0 saturated carbocycles. The van der Waals surface area contributed by atoms with E-state index in [0.29, 0.717) is 5.75 Å². The molecule has 20 heavy (non-hydrogen) atoms. The van der Waals surface area contributed by atoms with E-state index in [4.69, 9.17) is 9.47 Å². The van der Waals surface area contributed by atoms with Gasteiger partial charge in [-0.2, -0.15) is 0 Å². The van der Waals surface area contributed by atoms with Crippen LogP contribution in [0.3, 0.4) is 0 Å². The number of halogens is 1. The number of ether oxygens (including phenoxy) is 2. The molecule has 3 nitrogen and oxygen atoms in total. The molecule has 1 aromatic rings. The second-order valence-corrected chi connectivity index (χ2v) is 5.98. The van der Waals surface area contributed by atoms with Crippen LogP contribution in [0, 0.1) is 20.8 Å². The van der Waals surface area contributed by atoms with E-state index in [1.165, 1.54) is 6.92 Å². The predicted octanol–water partition coefficient (Wildman–Crippen LogP) is 4.10. The summed E-state index contributed by atoms with van der Waals surface area (Å²) in [5.41, 5.74) is 3.54. The molecule has 1 aliphatic heterocycles. The molecule has 0 amide bonds. The summed E-state index contributed by atoms with van der Waals surface area (Å²) in [5, 5.41) is 0.721. The zero-order valence-electron chi connectivity index (χ0n) is 12.5. The van der Waals surface area contributed by atoms with Gasteiger partial charge in [0.25, 0.3) is 0 Å². The maximum absolute atomic E-state index is 11.3. The molecule has 0 N–H and O–H groups in total. The summed E-state index contributed by atoms with van der Waals surface area (Å²) in [6, 6.07) is 0. The Morgan fingerprint density at radius 1 is 1.30 bits per heavy atom. The van der Waals surface area contributed by atoms with E-state index in [9.17, 15) is 4.79 Å². The first-order chi connectivity index (χ1) is 9.29. The van der Waals surface area contributed by atoms with E-state index in [1.54, 1.807) is 0 Å². The van der Waals surface area contributed by atoms with Crippen LogP contribution in [0.25, 0.3) is 6.08 Å². The molecule has 1 aliphatic rings. The third-order valence-electron chi connectivity index (χ3n) is 3.68. The van der Waals surface area contributed by atoms with Gasteiger partial charge in [-0.15, -0.1) is 0 Å². The lowest BCUT2D eigenvalue weighted by Crippen LogP contribution is -2.34. The summed E-state index contributed by atoms with van der Waals surface area (Å²) in [6.07, 6.45) is 4.08. The summed E-state index contributed by atoms with van der Waals surface area (Å²) < 4.78 is 11.5. The third-order valence-corrected chi connectivity index (χ3v) is 4.80. The minimum atomic E-state index is -0.348. The van der Waals surface area contributed by atoms with Gasteiger partial charge < -0.3 is 9.47 Å². The molecule has 0 aliphatic carbocycles. The fourth-order valence-corrected chi connectivity index (χ4v) is 2.65. The Bertz CT molecular complexity index is 604. The van der Waals surface area contributed by atoms with Crippen LogP contribution in [0.4, 0.5) is 0 Å². The molecule has 0 fully saturated rings. The van der Waals surface area contributed by atoms with Crippen LogP contribution in [0.5, 0.6) is 11.5 Å². The highest BCUT2D eigenvalue weighted by atomic mass is 79.9. The van der Waals surface area contributed by atoms with Crippen molar-refractivity contribution >= 4 is 28.0 Å². The zero-order chi connectivity index (χ0) is 15.1.